The van der Waals surface area contributed by atoms with Crippen molar-refractivity contribution in [1.82, 2.24) is 19.5 Å². The molecule has 0 aliphatic rings. The molecule has 0 bridgehead atoms. The minimum absolute atomic E-state index is 0.113. The SMILES string of the molecule is O=[N+]([O-])c1c(Nc2cccc(Br)c2)ncnc1-n1ccnc1. The van der Waals surface area contributed by atoms with Gasteiger partial charge in [0.1, 0.15) is 12.7 Å². The highest BCUT2D eigenvalue weighted by molar-refractivity contribution is 9.10. The van der Waals surface area contributed by atoms with Gasteiger partial charge in [0.25, 0.3) is 0 Å². The van der Waals surface area contributed by atoms with E-state index in [0.717, 1.165) is 4.47 Å². The largest absolute Gasteiger partial charge is 0.354 e. The number of halogens is 1. The van der Waals surface area contributed by atoms with E-state index in [0.29, 0.717) is 5.69 Å². The molecule has 0 atom stereocenters. The average molecular weight is 361 g/mol. The lowest BCUT2D eigenvalue weighted by Gasteiger charge is -2.09. The van der Waals surface area contributed by atoms with Gasteiger partial charge in [-0.1, -0.05) is 22.0 Å². The number of aromatic nitrogens is 4. The molecule has 0 saturated heterocycles. The number of nitrogens with zero attached hydrogens (tertiary/aromatic N) is 5. The molecule has 0 fully saturated rings. The molecule has 8 nitrogen and oxygen atoms in total. The molecule has 3 rings (SSSR count). The van der Waals surface area contributed by atoms with Crippen LogP contribution in [0.4, 0.5) is 17.2 Å². The molecule has 2 heterocycles. The summed E-state index contributed by atoms with van der Waals surface area (Å²) in [6, 6.07) is 7.25. The lowest BCUT2D eigenvalue weighted by molar-refractivity contribution is -0.384. The number of imidazole rings is 1. The van der Waals surface area contributed by atoms with Gasteiger partial charge in [-0.05, 0) is 18.2 Å². The summed E-state index contributed by atoms with van der Waals surface area (Å²) in [5.41, 5.74) is 0.452. The topological polar surface area (TPSA) is 98.8 Å². The number of rotatable bonds is 4. The number of hydrogen-bond acceptors (Lipinski definition) is 6. The molecule has 1 N–H and O–H groups in total. The highest BCUT2D eigenvalue weighted by Crippen LogP contribution is 2.30. The van der Waals surface area contributed by atoms with Crippen molar-refractivity contribution in [3.63, 3.8) is 0 Å². The van der Waals surface area contributed by atoms with Crippen molar-refractivity contribution in [3.8, 4) is 5.82 Å². The third-order valence-corrected chi connectivity index (χ3v) is 3.32. The maximum absolute atomic E-state index is 11.4. The van der Waals surface area contributed by atoms with Gasteiger partial charge in [0.05, 0.1) is 4.92 Å². The van der Waals surface area contributed by atoms with Gasteiger partial charge in [-0.15, -0.1) is 0 Å². The second-order valence-electron chi connectivity index (χ2n) is 4.26. The Morgan fingerprint density at radius 2 is 2.18 bits per heavy atom. The van der Waals surface area contributed by atoms with Crippen molar-refractivity contribution < 1.29 is 4.92 Å². The second-order valence-corrected chi connectivity index (χ2v) is 5.17. The van der Waals surface area contributed by atoms with Gasteiger partial charge in [0, 0.05) is 22.6 Å². The first-order valence-electron chi connectivity index (χ1n) is 6.15. The van der Waals surface area contributed by atoms with Crippen molar-refractivity contribution in [3.05, 3.63) is 63.9 Å². The summed E-state index contributed by atoms with van der Waals surface area (Å²) in [5.74, 6) is 0.261. The fraction of sp³-hybridized carbons (Fsp3) is 0. The Morgan fingerprint density at radius 3 is 2.86 bits per heavy atom. The summed E-state index contributed by atoms with van der Waals surface area (Å²) in [7, 11) is 0. The van der Waals surface area contributed by atoms with E-state index in [-0.39, 0.29) is 17.3 Å². The van der Waals surface area contributed by atoms with E-state index in [2.05, 4.69) is 36.2 Å². The van der Waals surface area contributed by atoms with Crippen LogP contribution in [-0.4, -0.2) is 24.4 Å². The van der Waals surface area contributed by atoms with E-state index in [1.54, 1.807) is 18.3 Å². The standard InChI is InChI=1S/C13H9BrN6O2/c14-9-2-1-3-10(6-9)18-12-11(20(21)22)13(17-7-16-12)19-5-4-15-8-19/h1-8H,(H,16,17,18). The Kier molecular flexibility index (Phi) is 3.79. The van der Waals surface area contributed by atoms with E-state index in [1.807, 2.05) is 12.1 Å². The van der Waals surface area contributed by atoms with E-state index in [9.17, 15) is 10.1 Å². The summed E-state index contributed by atoms with van der Waals surface area (Å²) >= 11 is 3.35. The van der Waals surface area contributed by atoms with Gasteiger partial charge in [-0.2, -0.15) is 0 Å². The maximum atomic E-state index is 11.4. The zero-order valence-corrected chi connectivity index (χ0v) is 12.6. The van der Waals surface area contributed by atoms with E-state index in [4.69, 9.17) is 0 Å². The summed E-state index contributed by atoms with van der Waals surface area (Å²) in [4.78, 5) is 22.8. The first kappa shape index (κ1) is 14.1. The van der Waals surface area contributed by atoms with Gasteiger partial charge in [-0.25, -0.2) is 15.0 Å². The zero-order valence-electron chi connectivity index (χ0n) is 11.0. The van der Waals surface area contributed by atoms with Crippen LogP contribution < -0.4 is 5.32 Å². The lowest BCUT2D eigenvalue weighted by Crippen LogP contribution is -2.06. The Bertz CT molecular complexity index is 821. The van der Waals surface area contributed by atoms with E-state index < -0.39 is 4.92 Å². The van der Waals surface area contributed by atoms with E-state index in [1.165, 1.54) is 23.4 Å². The smallest absolute Gasteiger partial charge is 0.334 e. The molecule has 22 heavy (non-hydrogen) atoms. The molecule has 0 aliphatic heterocycles. The Labute approximate surface area is 133 Å². The molecule has 3 aromatic rings. The predicted molar refractivity (Wildman–Crippen MR) is 83.2 cm³/mol. The Balaban J connectivity index is 2.08. The molecule has 1 aromatic carbocycles. The predicted octanol–water partition coefficient (Wildman–Crippen LogP) is 3.08. The summed E-state index contributed by atoms with van der Waals surface area (Å²) in [6.07, 6.45) is 5.81. The van der Waals surface area contributed by atoms with E-state index >= 15 is 0 Å². The summed E-state index contributed by atoms with van der Waals surface area (Å²) in [6.45, 7) is 0. The summed E-state index contributed by atoms with van der Waals surface area (Å²) < 4.78 is 2.32. The number of nitrogens with one attached hydrogen (secondary N) is 1. The van der Waals surface area contributed by atoms with Crippen molar-refractivity contribution in [1.29, 1.82) is 0 Å². The van der Waals surface area contributed by atoms with Crippen molar-refractivity contribution in [2.24, 2.45) is 0 Å². The third-order valence-electron chi connectivity index (χ3n) is 2.82. The molecule has 2 aromatic heterocycles. The van der Waals surface area contributed by atoms with Crippen LogP contribution in [0, 0.1) is 10.1 Å². The fourth-order valence-electron chi connectivity index (χ4n) is 1.91. The minimum atomic E-state index is -0.518. The van der Waals surface area contributed by atoms with Gasteiger partial charge in [0.15, 0.2) is 0 Å². The molecule has 0 spiro atoms. The average Bonchev–Trinajstić information content (AvgIpc) is 3.01. The molecule has 9 heteroatoms. The number of anilines is 2. The molecule has 110 valence electrons. The quantitative estimate of drug-likeness (QED) is 0.566. The molecule has 0 amide bonds. The van der Waals surface area contributed by atoms with Gasteiger partial charge < -0.3 is 5.32 Å². The van der Waals surface area contributed by atoms with Crippen LogP contribution in [0.3, 0.4) is 0 Å². The van der Waals surface area contributed by atoms with Crippen LogP contribution in [0.15, 0.2) is 53.8 Å². The first-order chi connectivity index (χ1) is 10.6. The molecule has 0 saturated carbocycles. The summed E-state index contributed by atoms with van der Waals surface area (Å²) in [5, 5.41) is 14.4. The van der Waals surface area contributed by atoms with Crippen molar-refractivity contribution in [2.75, 3.05) is 5.32 Å². The first-order valence-corrected chi connectivity index (χ1v) is 6.95. The fourth-order valence-corrected chi connectivity index (χ4v) is 2.30. The molecule has 0 radical (unpaired) electrons. The number of nitro groups is 1. The lowest BCUT2D eigenvalue weighted by atomic mass is 10.3. The van der Waals surface area contributed by atoms with Crippen LogP contribution in [0.2, 0.25) is 0 Å². The second kappa shape index (κ2) is 5.90. The Hall–Kier alpha value is -2.81. The molecular formula is C13H9BrN6O2. The van der Waals surface area contributed by atoms with Crippen LogP contribution in [0.5, 0.6) is 0 Å². The van der Waals surface area contributed by atoms with Crippen molar-refractivity contribution in [2.45, 2.75) is 0 Å². The molecule has 0 unspecified atom stereocenters. The minimum Gasteiger partial charge on any atom is -0.334 e. The van der Waals surface area contributed by atoms with Crippen LogP contribution in [0.25, 0.3) is 5.82 Å². The Morgan fingerprint density at radius 1 is 1.32 bits per heavy atom. The van der Waals surface area contributed by atoms with Crippen LogP contribution in [-0.2, 0) is 0 Å². The van der Waals surface area contributed by atoms with Gasteiger partial charge >= 0.3 is 5.69 Å². The highest BCUT2D eigenvalue weighted by atomic mass is 79.9. The van der Waals surface area contributed by atoms with Gasteiger partial charge in [-0.3, -0.25) is 14.7 Å². The third kappa shape index (κ3) is 2.79. The van der Waals surface area contributed by atoms with Crippen molar-refractivity contribution >= 4 is 33.1 Å². The van der Waals surface area contributed by atoms with Gasteiger partial charge in [0.2, 0.25) is 11.6 Å². The molecule has 0 aliphatic carbocycles. The van der Waals surface area contributed by atoms with Crippen LogP contribution in [0.1, 0.15) is 0 Å². The van der Waals surface area contributed by atoms with Crippen LogP contribution >= 0.6 is 15.9 Å². The zero-order chi connectivity index (χ0) is 15.5. The highest BCUT2D eigenvalue weighted by Gasteiger charge is 2.24. The number of hydrogen-bond donors (Lipinski definition) is 1. The maximum Gasteiger partial charge on any atom is 0.354 e. The monoisotopic (exact) mass is 360 g/mol. The normalized spacial score (nSPS) is 10.4. The number of benzene rings is 1. The molecular weight excluding hydrogens is 352 g/mol.